The standard InChI is InChI=1S/C19H18Cl2N4O4/c1-11(2)17(23-18(26)13-4-6-14(20)7-5-13)19(27)24-22-10-12-3-8-15(21)16(9-12)25(28)29/h3-11,17H,1-2H3,(H,23,26)(H,24,27)/b22-10-. The monoisotopic (exact) mass is 436 g/mol. The van der Waals surface area contributed by atoms with E-state index in [-0.39, 0.29) is 16.6 Å². The van der Waals surface area contributed by atoms with Crippen molar-refractivity contribution in [2.45, 2.75) is 19.9 Å². The number of nitro groups is 1. The molecule has 0 saturated carbocycles. The van der Waals surface area contributed by atoms with E-state index < -0.39 is 22.8 Å². The second-order valence-electron chi connectivity index (χ2n) is 6.40. The van der Waals surface area contributed by atoms with Gasteiger partial charge in [0.1, 0.15) is 11.1 Å². The van der Waals surface area contributed by atoms with Crippen molar-refractivity contribution in [3.63, 3.8) is 0 Å². The van der Waals surface area contributed by atoms with Gasteiger partial charge in [-0.05, 0) is 36.2 Å². The van der Waals surface area contributed by atoms with Gasteiger partial charge >= 0.3 is 0 Å². The second-order valence-corrected chi connectivity index (χ2v) is 7.25. The minimum Gasteiger partial charge on any atom is -0.340 e. The van der Waals surface area contributed by atoms with E-state index in [2.05, 4.69) is 15.8 Å². The summed E-state index contributed by atoms with van der Waals surface area (Å²) >= 11 is 11.6. The highest BCUT2D eigenvalue weighted by atomic mass is 35.5. The number of hydrogen-bond donors (Lipinski definition) is 2. The Morgan fingerprint density at radius 3 is 2.38 bits per heavy atom. The number of benzene rings is 2. The zero-order chi connectivity index (χ0) is 21.6. The number of amides is 2. The van der Waals surface area contributed by atoms with Gasteiger partial charge in [-0.1, -0.05) is 43.1 Å². The maximum Gasteiger partial charge on any atom is 0.288 e. The molecule has 2 aromatic carbocycles. The number of nitrogens with one attached hydrogen (secondary N) is 2. The molecule has 10 heteroatoms. The third-order valence-electron chi connectivity index (χ3n) is 3.90. The molecule has 2 aromatic rings. The second kappa shape index (κ2) is 9.99. The SMILES string of the molecule is CC(C)C(NC(=O)c1ccc(Cl)cc1)C(=O)N/N=C\c1ccc(Cl)c([N+](=O)[O-])c1. The number of carbonyl (C=O) groups is 2. The van der Waals surface area contributed by atoms with Crippen molar-refractivity contribution in [2.75, 3.05) is 0 Å². The fraction of sp³-hybridized carbons (Fsp3) is 0.211. The Bertz CT molecular complexity index is 946. The van der Waals surface area contributed by atoms with Gasteiger partial charge in [0.05, 0.1) is 11.1 Å². The van der Waals surface area contributed by atoms with Crippen molar-refractivity contribution < 1.29 is 14.5 Å². The Morgan fingerprint density at radius 2 is 1.79 bits per heavy atom. The van der Waals surface area contributed by atoms with Gasteiger partial charge in [-0.2, -0.15) is 5.10 Å². The summed E-state index contributed by atoms with van der Waals surface area (Å²) in [6.45, 7) is 3.55. The molecule has 0 saturated heterocycles. The molecule has 0 heterocycles. The van der Waals surface area contributed by atoms with E-state index in [1.54, 1.807) is 38.1 Å². The molecule has 0 fully saturated rings. The molecule has 1 atom stereocenters. The van der Waals surface area contributed by atoms with Crippen LogP contribution in [0.3, 0.4) is 0 Å². The van der Waals surface area contributed by atoms with Crippen LogP contribution in [-0.2, 0) is 4.79 Å². The lowest BCUT2D eigenvalue weighted by molar-refractivity contribution is -0.384. The van der Waals surface area contributed by atoms with Crippen molar-refractivity contribution in [2.24, 2.45) is 11.0 Å². The van der Waals surface area contributed by atoms with Crippen LogP contribution in [0, 0.1) is 16.0 Å². The minimum absolute atomic E-state index is 0.000897. The largest absolute Gasteiger partial charge is 0.340 e. The molecule has 0 aromatic heterocycles. The van der Waals surface area contributed by atoms with E-state index >= 15 is 0 Å². The Hall–Kier alpha value is -2.97. The Balaban J connectivity index is 2.05. The highest BCUT2D eigenvalue weighted by Crippen LogP contribution is 2.24. The van der Waals surface area contributed by atoms with Crippen LogP contribution in [0.15, 0.2) is 47.6 Å². The van der Waals surface area contributed by atoms with Crippen LogP contribution in [0.4, 0.5) is 5.69 Å². The van der Waals surface area contributed by atoms with E-state index in [1.807, 2.05) is 0 Å². The van der Waals surface area contributed by atoms with Crippen LogP contribution < -0.4 is 10.7 Å². The number of carbonyl (C=O) groups excluding carboxylic acids is 2. The van der Waals surface area contributed by atoms with Crippen LogP contribution in [0.25, 0.3) is 0 Å². The van der Waals surface area contributed by atoms with Crippen molar-refractivity contribution >= 4 is 46.9 Å². The smallest absolute Gasteiger partial charge is 0.288 e. The molecule has 2 N–H and O–H groups in total. The first-order valence-corrected chi connectivity index (χ1v) is 9.28. The van der Waals surface area contributed by atoms with E-state index in [0.29, 0.717) is 16.1 Å². The van der Waals surface area contributed by atoms with E-state index in [1.165, 1.54) is 24.4 Å². The van der Waals surface area contributed by atoms with Crippen molar-refractivity contribution in [1.29, 1.82) is 0 Å². The quantitative estimate of drug-likeness (QED) is 0.390. The summed E-state index contributed by atoms with van der Waals surface area (Å²) in [6.07, 6.45) is 1.25. The summed E-state index contributed by atoms with van der Waals surface area (Å²) in [4.78, 5) is 35.1. The lowest BCUT2D eigenvalue weighted by atomic mass is 10.0. The fourth-order valence-electron chi connectivity index (χ4n) is 2.35. The number of hydrogen-bond acceptors (Lipinski definition) is 5. The summed E-state index contributed by atoms with van der Waals surface area (Å²) in [5.74, 6) is -1.16. The predicted octanol–water partition coefficient (Wildman–Crippen LogP) is 3.81. The van der Waals surface area contributed by atoms with Crippen LogP contribution in [0.1, 0.15) is 29.8 Å². The molecule has 152 valence electrons. The lowest BCUT2D eigenvalue weighted by Crippen LogP contribution is -2.48. The summed E-state index contributed by atoms with van der Waals surface area (Å²) in [6, 6.07) is 9.55. The molecule has 2 amide bonds. The van der Waals surface area contributed by atoms with Crippen molar-refractivity contribution in [3.05, 3.63) is 73.8 Å². The molecule has 1 unspecified atom stereocenters. The summed E-state index contributed by atoms with van der Waals surface area (Å²) in [5.41, 5.74) is 2.81. The average Bonchev–Trinajstić information content (AvgIpc) is 2.67. The summed E-state index contributed by atoms with van der Waals surface area (Å²) < 4.78 is 0. The topological polar surface area (TPSA) is 114 Å². The summed E-state index contributed by atoms with van der Waals surface area (Å²) in [5, 5.41) is 17.9. The molecular weight excluding hydrogens is 419 g/mol. The minimum atomic E-state index is -0.838. The molecular formula is C19H18Cl2N4O4. The van der Waals surface area contributed by atoms with Gasteiger partial charge in [-0.15, -0.1) is 0 Å². The van der Waals surface area contributed by atoms with Gasteiger partial charge in [0.2, 0.25) is 0 Å². The molecule has 29 heavy (non-hydrogen) atoms. The number of nitro benzene ring substituents is 1. The maximum atomic E-state index is 12.4. The van der Waals surface area contributed by atoms with E-state index in [4.69, 9.17) is 23.2 Å². The zero-order valence-corrected chi connectivity index (χ0v) is 17.1. The van der Waals surface area contributed by atoms with Gasteiger partial charge < -0.3 is 5.32 Å². The lowest BCUT2D eigenvalue weighted by Gasteiger charge is -2.20. The first-order chi connectivity index (χ1) is 13.7. The third kappa shape index (κ3) is 6.27. The molecule has 8 nitrogen and oxygen atoms in total. The van der Waals surface area contributed by atoms with Gasteiger partial charge in [-0.25, -0.2) is 5.43 Å². The normalized spacial score (nSPS) is 12.0. The maximum absolute atomic E-state index is 12.4. The fourth-order valence-corrected chi connectivity index (χ4v) is 2.66. The Labute approximate surface area is 177 Å². The molecule has 0 bridgehead atoms. The van der Waals surface area contributed by atoms with Gasteiger partial charge in [0, 0.05) is 22.2 Å². The predicted molar refractivity (Wildman–Crippen MR) is 111 cm³/mol. The Kier molecular flexibility index (Phi) is 7.69. The average molecular weight is 437 g/mol. The zero-order valence-electron chi connectivity index (χ0n) is 15.6. The van der Waals surface area contributed by atoms with Crippen LogP contribution >= 0.6 is 23.2 Å². The van der Waals surface area contributed by atoms with Crippen LogP contribution in [-0.4, -0.2) is 29.0 Å². The van der Waals surface area contributed by atoms with Crippen LogP contribution in [0.5, 0.6) is 0 Å². The first-order valence-electron chi connectivity index (χ1n) is 8.52. The van der Waals surface area contributed by atoms with Gasteiger partial charge in [0.25, 0.3) is 17.5 Å². The molecule has 0 aliphatic heterocycles. The highest BCUT2D eigenvalue weighted by molar-refractivity contribution is 6.32. The van der Waals surface area contributed by atoms with Crippen molar-refractivity contribution in [1.82, 2.24) is 10.7 Å². The Morgan fingerprint density at radius 1 is 1.14 bits per heavy atom. The molecule has 0 radical (unpaired) electrons. The van der Waals surface area contributed by atoms with Crippen LogP contribution in [0.2, 0.25) is 10.0 Å². The number of hydrazone groups is 1. The van der Waals surface area contributed by atoms with E-state index in [9.17, 15) is 19.7 Å². The van der Waals surface area contributed by atoms with Gasteiger partial charge in [-0.3, -0.25) is 19.7 Å². The summed E-state index contributed by atoms with van der Waals surface area (Å²) in [7, 11) is 0. The number of halogens is 2. The molecule has 2 rings (SSSR count). The first kappa shape index (κ1) is 22.3. The number of nitrogens with zero attached hydrogens (tertiary/aromatic N) is 2. The molecule has 0 aliphatic rings. The highest BCUT2D eigenvalue weighted by Gasteiger charge is 2.24. The van der Waals surface area contributed by atoms with Gasteiger partial charge in [0.15, 0.2) is 0 Å². The number of rotatable bonds is 7. The molecule has 0 spiro atoms. The van der Waals surface area contributed by atoms with Crippen molar-refractivity contribution in [3.8, 4) is 0 Å². The van der Waals surface area contributed by atoms with E-state index in [0.717, 1.165) is 0 Å². The third-order valence-corrected chi connectivity index (χ3v) is 4.47. The molecule has 0 aliphatic carbocycles.